The standard InChI is InChI=1S/C56H91N4O13P/c1-50(2,3)55(48(66)67,51(4,5)6)59-29-27-57(38-45(61)62)37-43(58(39-46(63)64)28-30-60(32-31-59)56(49(68)69,52(7,8)9)53(10,11)12)36-41-22-24-44(25-23-41)71-33-19-34-74(70,73-54(13,14)15)35-26-47(65)72-40-42-20-17-16-18-21-42/h16-18,20-25,43H,19,26-40H2,1-15H3,(H,61,62)(H,63,64)(H,66,67)(H,68,69)/t43-,74?/m0/s1. The maximum atomic E-state index is 14.1. The number of hydrogen-bond donors (Lipinski definition) is 4. The highest BCUT2D eigenvalue weighted by Crippen LogP contribution is 2.53. The normalized spacial score (nSPS) is 18.1. The second-order valence-electron chi connectivity index (χ2n) is 25.1. The molecule has 0 saturated carbocycles. The molecule has 2 atom stereocenters. The fraction of sp³-hybridized carbons (Fsp3) is 0.696. The van der Waals surface area contributed by atoms with Gasteiger partial charge in [-0.1, -0.05) is 126 Å². The molecule has 0 radical (unpaired) electrons. The van der Waals surface area contributed by atoms with Crippen LogP contribution in [0.4, 0.5) is 0 Å². The molecule has 0 aliphatic carbocycles. The van der Waals surface area contributed by atoms with Crippen molar-refractivity contribution in [2.45, 2.75) is 152 Å². The Morgan fingerprint density at radius 2 is 1.07 bits per heavy atom. The SMILES string of the molecule is CC(C)(C)OP(=O)(CCCOc1ccc(C[C@H]2CN(CC(=O)O)CCN(C(C(=O)O)(C(C)(C)C)C(C)(C)C)CCN(C(C(=O)O)(C(C)(C)C)C(C)(C)C)CCN2CC(=O)O)cc1)CCC(=O)OCc1ccccc1. The molecule has 1 heterocycles. The van der Waals surface area contributed by atoms with Crippen molar-refractivity contribution in [3.63, 3.8) is 0 Å². The Labute approximate surface area is 441 Å². The highest BCUT2D eigenvalue weighted by atomic mass is 31.2. The molecule has 2 aromatic carbocycles. The van der Waals surface area contributed by atoms with E-state index in [0.717, 1.165) is 11.1 Å². The van der Waals surface area contributed by atoms with Crippen LogP contribution in [0.1, 0.15) is 128 Å². The summed E-state index contributed by atoms with van der Waals surface area (Å²) in [6.45, 7) is 28.3. The van der Waals surface area contributed by atoms with E-state index in [1.54, 1.807) is 21.9 Å². The molecule has 18 heteroatoms. The minimum atomic E-state index is -3.28. The summed E-state index contributed by atoms with van der Waals surface area (Å²) in [6, 6.07) is 16.0. The summed E-state index contributed by atoms with van der Waals surface area (Å²) in [5.74, 6) is -4.23. The van der Waals surface area contributed by atoms with Gasteiger partial charge >= 0.3 is 29.8 Å². The zero-order valence-electron chi connectivity index (χ0n) is 47.3. The van der Waals surface area contributed by atoms with Gasteiger partial charge in [-0.05, 0) is 78.5 Å². The third-order valence-electron chi connectivity index (χ3n) is 14.2. The zero-order chi connectivity index (χ0) is 56.3. The van der Waals surface area contributed by atoms with Crippen LogP contribution in [0.3, 0.4) is 0 Å². The average molecular weight is 1060 g/mol. The first-order valence-corrected chi connectivity index (χ1v) is 28.0. The molecule has 1 fully saturated rings. The maximum Gasteiger partial charge on any atom is 0.325 e. The Balaban J connectivity index is 2.03. The summed E-state index contributed by atoms with van der Waals surface area (Å²) >= 11 is 0. The quantitative estimate of drug-likeness (QED) is 0.0521. The van der Waals surface area contributed by atoms with E-state index in [1.165, 1.54) is 0 Å². The van der Waals surface area contributed by atoms with Gasteiger partial charge in [0.25, 0.3) is 0 Å². The van der Waals surface area contributed by atoms with E-state index in [4.69, 9.17) is 14.0 Å². The van der Waals surface area contributed by atoms with Gasteiger partial charge in [0.15, 0.2) is 0 Å². The second kappa shape index (κ2) is 25.6. The van der Waals surface area contributed by atoms with Gasteiger partial charge in [-0.25, -0.2) is 0 Å². The molecule has 4 N–H and O–H groups in total. The largest absolute Gasteiger partial charge is 0.494 e. The van der Waals surface area contributed by atoms with Gasteiger partial charge in [-0.2, -0.15) is 0 Å². The van der Waals surface area contributed by atoms with Crippen LogP contribution >= 0.6 is 7.37 Å². The molecule has 1 unspecified atom stereocenters. The molecule has 17 nitrogen and oxygen atoms in total. The summed E-state index contributed by atoms with van der Waals surface area (Å²) in [7, 11) is -3.28. The Morgan fingerprint density at radius 3 is 1.51 bits per heavy atom. The summed E-state index contributed by atoms with van der Waals surface area (Å²) in [5, 5.41) is 43.6. The van der Waals surface area contributed by atoms with Crippen molar-refractivity contribution in [2.24, 2.45) is 21.7 Å². The number of esters is 1. The molecule has 0 spiro atoms. The second-order valence-corrected chi connectivity index (χ2v) is 27.8. The van der Waals surface area contributed by atoms with Crippen LogP contribution < -0.4 is 4.74 Å². The number of rotatable bonds is 21. The van der Waals surface area contributed by atoms with Crippen molar-refractivity contribution in [3.05, 3.63) is 65.7 Å². The number of nitrogens with zero attached hydrogens (tertiary/aromatic N) is 4. The Hall–Kier alpha value is -4.38. The van der Waals surface area contributed by atoms with Crippen LogP contribution in [-0.4, -0.2) is 170 Å². The third kappa shape index (κ3) is 16.8. The number of hydrogen-bond acceptors (Lipinski definition) is 13. The van der Waals surface area contributed by atoms with Crippen LogP contribution in [0, 0.1) is 21.7 Å². The number of aliphatic carboxylic acids is 4. The fourth-order valence-electron chi connectivity index (χ4n) is 12.2. The molecule has 1 aliphatic heterocycles. The van der Waals surface area contributed by atoms with Gasteiger partial charge in [-0.3, -0.25) is 48.1 Å². The van der Waals surface area contributed by atoms with Crippen LogP contribution in [0.25, 0.3) is 0 Å². The highest BCUT2D eigenvalue weighted by molar-refractivity contribution is 7.59. The van der Waals surface area contributed by atoms with Gasteiger partial charge < -0.3 is 34.4 Å². The molecule has 74 heavy (non-hydrogen) atoms. The number of carbonyl (C=O) groups excluding carboxylic acids is 1. The van der Waals surface area contributed by atoms with Crippen LogP contribution in [0.15, 0.2) is 54.6 Å². The molecule has 2 aromatic rings. The summed E-state index contributed by atoms with van der Waals surface area (Å²) in [6.07, 6.45) is 0.799. The molecule has 0 amide bonds. The van der Waals surface area contributed by atoms with E-state index < -0.39 is 94.7 Å². The molecule has 3 rings (SSSR count). The molecular weight excluding hydrogens is 968 g/mol. The smallest absolute Gasteiger partial charge is 0.325 e. The van der Waals surface area contributed by atoms with Gasteiger partial charge in [-0.15, -0.1) is 0 Å². The Morgan fingerprint density at radius 1 is 0.595 bits per heavy atom. The number of carboxylic acid groups (broad SMARTS) is 4. The predicted octanol–water partition coefficient (Wildman–Crippen LogP) is 8.82. The van der Waals surface area contributed by atoms with E-state index in [2.05, 4.69) is 0 Å². The Bertz CT molecular complexity index is 2190. The van der Waals surface area contributed by atoms with Crippen molar-refractivity contribution in [3.8, 4) is 5.75 Å². The molecule has 418 valence electrons. The lowest BCUT2D eigenvalue weighted by Crippen LogP contribution is -2.73. The Kier molecular flexibility index (Phi) is 22.1. The minimum Gasteiger partial charge on any atom is -0.494 e. The number of ether oxygens (including phenoxy) is 2. The molecule has 0 aromatic heterocycles. The monoisotopic (exact) mass is 1060 g/mol. The van der Waals surface area contributed by atoms with Crippen LogP contribution in [0.2, 0.25) is 0 Å². The molecule has 1 saturated heterocycles. The van der Waals surface area contributed by atoms with Gasteiger partial charge in [0, 0.05) is 64.2 Å². The number of carbonyl (C=O) groups is 5. The van der Waals surface area contributed by atoms with E-state index in [0.29, 0.717) is 12.2 Å². The van der Waals surface area contributed by atoms with E-state index in [9.17, 15) is 49.0 Å². The zero-order valence-corrected chi connectivity index (χ0v) is 48.2. The first-order valence-electron chi connectivity index (χ1n) is 26.0. The topological polar surface area (TPSA) is 224 Å². The fourth-order valence-corrected chi connectivity index (χ4v) is 14.7. The molecule has 0 bridgehead atoms. The lowest BCUT2D eigenvalue weighted by molar-refractivity contribution is -0.184. The third-order valence-corrected chi connectivity index (χ3v) is 17.0. The highest BCUT2D eigenvalue weighted by Gasteiger charge is 2.63. The van der Waals surface area contributed by atoms with Crippen molar-refractivity contribution in [2.75, 3.05) is 77.8 Å². The van der Waals surface area contributed by atoms with Crippen molar-refractivity contribution < 1.29 is 63.0 Å². The minimum absolute atomic E-state index is 0.0252. The van der Waals surface area contributed by atoms with Crippen LogP contribution in [0.5, 0.6) is 5.75 Å². The van der Waals surface area contributed by atoms with E-state index >= 15 is 0 Å². The number of benzene rings is 2. The first-order chi connectivity index (χ1) is 33.9. The van der Waals surface area contributed by atoms with Crippen molar-refractivity contribution in [1.29, 1.82) is 0 Å². The summed E-state index contributed by atoms with van der Waals surface area (Å²) in [5.41, 5.74) is -5.61. The number of carboxylic acids is 4. The lowest BCUT2D eigenvalue weighted by atomic mass is 9.58. The van der Waals surface area contributed by atoms with Crippen molar-refractivity contribution >= 4 is 37.2 Å². The van der Waals surface area contributed by atoms with Gasteiger partial charge in [0.1, 0.15) is 23.4 Å². The summed E-state index contributed by atoms with van der Waals surface area (Å²) < 4.78 is 31.7. The van der Waals surface area contributed by atoms with Crippen molar-refractivity contribution in [1.82, 2.24) is 19.6 Å². The maximum absolute atomic E-state index is 14.1. The molecule has 1 aliphatic rings. The first kappa shape index (κ1) is 63.9. The van der Waals surface area contributed by atoms with Gasteiger partial charge in [0.05, 0.1) is 31.7 Å². The van der Waals surface area contributed by atoms with E-state index in [-0.39, 0.29) is 84.2 Å². The summed E-state index contributed by atoms with van der Waals surface area (Å²) in [4.78, 5) is 73.4. The lowest BCUT2D eigenvalue weighted by Gasteiger charge is -2.59. The van der Waals surface area contributed by atoms with Gasteiger partial charge in [0.2, 0.25) is 7.37 Å². The van der Waals surface area contributed by atoms with Crippen LogP contribution in [-0.2, 0) is 50.8 Å². The molecular formula is C56H91N4O13P. The van der Waals surface area contributed by atoms with E-state index in [1.807, 2.05) is 156 Å². The average Bonchev–Trinajstić information content (AvgIpc) is 3.23. The predicted molar refractivity (Wildman–Crippen MR) is 288 cm³/mol.